The highest BCUT2D eigenvalue weighted by atomic mass is 79.9. The topological polar surface area (TPSA) is 57.7 Å². The van der Waals surface area contributed by atoms with Crippen LogP contribution in [0.5, 0.6) is 0 Å². The van der Waals surface area contributed by atoms with E-state index in [1.165, 1.54) is 4.90 Å². The van der Waals surface area contributed by atoms with Crippen LogP contribution in [0.2, 0.25) is 5.02 Å². The van der Waals surface area contributed by atoms with Crippen LogP contribution in [0.4, 0.5) is 0 Å². The predicted molar refractivity (Wildman–Crippen MR) is 84.5 cm³/mol. The van der Waals surface area contributed by atoms with Crippen molar-refractivity contribution in [1.29, 1.82) is 0 Å². The molecule has 2 heterocycles. The molecule has 2 saturated heterocycles. The van der Waals surface area contributed by atoms with E-state index in [9.17, 15) is 14.4 Å². The molecule has 0 unspecified atom stereocenters. The lowest BCUT2D eigenvalue weighted by molar-refractivity contribution is -0.139. The molecule has 1 aromatic carbocycles. The third-order valence-corrected chi connectivity index (χ3v) is 4.82. The number of halogens is 2. The van der Waals surface area contributed by atoms with Gasteiger partial charge in [-0.25, -0.2) is 0 Å². The van der Waals surface area contributed by atoms with E-state index in [1.54, 1.807) is 23.1 Å². The number of carbonyl (C=O) groups is 3. The Hall–Kier alpha value is -1.40. The fraction of sp³-hybridized carbons (Fsp3) is 0.400. The van der Waals surface area contributed by atoms with Crippen molar-refractivity contribution in [2.75, 3.05) is 19.6 Å². The summed E-state index contributed by atoms with van der Waals surface area (Å²) in [5, 5.41) is 0.418. The third kappa shape index (κ3) is 2.90. The van der Waals surface area contributed by atoms with Crippen LogP contribution in [0.15, 0.2) is 22.7 Å². The normalized spacial score (nSPS) is 18.8. The van der Waals surface area contributed by atoms with E-state index >= 15 is 0 Å². The van der Waals surface area contributed by atoms with Gasteiger partial charge in [-0.05, 0) is 18.2 Å². The minimum atomic E-state index is -0.123. The Labute approximate surface area is 141 Å². The summed E-state index contributed by atoms with van der Waals surface area (Å²) in [4.78, 5) is 38.5. The van der Waals surface area contributed by atoms with Crippen LogP contribution < -0.4 is 0 Å². The first-order valence-corrected chi connectivity index (χ1v) is 8.20. The number of carbonyl (C=O) groups excluding carboxylic acids is 3. The maximum atomic E-state index is 12.4. The van der Waals surface area contributed by atoms with Gasteiger partial charge in [-0.1, -0.05) is 27.5 Å². The predicted octanol–water partition coefficient (Wildman–Crippen LogP) is 2.32. The zero-order chi connectivity index (χ0) is 15.9. The Morgan fingerprint density at radius 1 is 1.23 bits per heavy atom. The Morgan fingerprint density at radius 2 is 1.86 bits per heavy atom. The SMILES string of the molecule is O=C(c1cc(Br)ccc1Cl)N1CC(CN2C(=O)CCC2=O)C1. The van der Waals surface area contributed by atoms with Gasteiger partial charge < -0.3 is 4.90 Å². The average Bonchev–Trinajstić information content (AvgIpc) is 2.75. The van der Waals surface area contributed by atoms with Crippen molar-refractivity contribution in [3.05, 3.63) is 33.3 Å². The molecule has 3 rings (SSSR count). The Bertz CT molecular complexity index is 642. The number of hydrogen-bond donors (Lipinski definition) is 0. The molecule has 0 atom stereocenters. The Morgan fingerprint density at radius 3 is 2.50 bits per heavy atom. The highest BCUT2D eigenvalue weighted by Gasteiger charge is 2.37. The van der Waals surface area contributed by atoms with E-state index in [0.29, 0.717) is 43.1 Å². The van der Waals surface area contributed by atoms with E-state index in [4.69, 9.17) is 11.6 Å². The molecule has 0 saturated carbocycles. The minimum absolute atomic E-state index is 0.107. The number of benzene rings is 1. The van der Waals surface area contributed by atoms with Crippen LogP contribution in [0.3, 0.4) is 0 Å². The number of nitrogens with zero attached hydrogens (tertiary/aromatic N) is 2. The van der Waals surface area contributed by atoms with Crippen molar-refractivity contribution in [3.8, 4) is 0 Å². The zero-order valence-corrected chi connectivity index (χ0v) is 14.1. The van der Waals surface area contributed by atoms with E-state index in [-0.39, 0.29) is 23.6 Å². The van der Waals surface area contributed by atoms with Crippen LogP contribution in [-0.4, -0.2) is 47.2 Å². The molecule has 2 aliphatic heterocycles. The molecule has 3 amide bonds. The summed E-state index contributed by atoms with van der Waals surface area (Å²) in [5.74, 6) is -0.183. The van der Waals surface area contributed by atoms with Crippen LogP contribution in [0.25, 0.3) is 0 Å². The van der Waals surface area contributed by atoms with Crippen molar-refractivity contribution >= 4 is 45.3 Å². The van der Waals surface area contributed by atoms with E-state index in [2.05, 4.69) is 15.9 Å². The molecule has 0 N–H and O–H groups in total. The number of likely N-dealkylation sites (tertiary alicyclic amines) is 2. The highest BCUT2D eigenvalue weighted by molar-refractivity contribution is 9.10. The second-order valence-corrected chi connectivity index (χ2v) is 6.92. The number of imide groups is 1. The van der Waals surface area contributed by atoms with Crippen molar-refractivity contribution in [2.45, 2.75) is 12.8 Å². The van der Waals surface area contributed by atoms with Crippen LogP contribution >= 0.6 is 27.5 Å². The molecule has 0 aromatic heterocycles. The lowest BCUT2D eigenvalue weighted by Gasteiger charge is -2.40. The number of rotatable bonds is 3. The Balaban J connectivity index is 1.59. The Kier molecular flexibility index (Phi) is 4.23. The monoisotopic (exact) mass is 384 g/mol. The van der Waals surface area contributed by atoms with Gasteiger partial charge in [0.2, 0.25) is 11.8 Å². The summed E-state index contributed by atoms with van der Waals surface area (Å²) in [7, 11) is 0. The van der Waals surface area contributed by atoms with Gasteiger partial charge in [0.15, 0.2) is 0 Å². The van der Waals surface area contributed by atoms with Gasteiger partial charge >= 0.3 is 0 Å². The van der Waals surface area contributed by atoms with Gasteiger partial charge in [0.1, 0.15) is 0 Å². The van der Waals surface area contributed by atoms with E-state index in [0.717, 1.165) is 4.47 Å². The smallest absolute Gasteiger partial charge is 0.255 e. The second kappa shape index (κ2) is 6.01. The molecule has 2 aliphatic rings. The van der Waals surface area contributed by atoms with Gasteiger partial charge in [-0.15, -0.1) is 0 Å². The van der Waals surface area contributed by atoms with Gasteiger partial charge in [0, 0.05) is 42.9 Å². The average molecular weight is 386 g/mol. The molecule has 116 valence electrons. The molecule has 5 nitrogen and oxygen atoms in total. The van der Waals surface area contributed by atoms with Crippen molar-refractivity contribution in [1.82, 2.24) is 9.80 Å². The van der Waals surface area contributed by atoms with E-state index < -0.39 is 0 Å². The molecular formula is C15H14BrClN2O3. The second-order valence-electron chi connectivity index (χ2n) is 5.60. The summed E-state index contributed by atoms with van der Waals surface area (Å²) in [6.45, 7) is 1.49. The van der Waals surface area contributed by atoms with Crippen molar-refractivity contribution in [2.24, 2.45) is 5.92 Å². The molecular weight excluding hydrogens is 372 g/mol. The fourth-order valence-corrected chi connectivity index (χ4v) is 3.33. The summed E-state index contributed by atoms with van der Waals surface area (Å²) in [6.07, 6.45) is 0.615. The van der Waals surface area contributed by atoms with Crippen LogP contribution in [-0.2, 0) is 9.59 Å². The molecule has 2 fully saturated rings. The van der Waals surface area contributed by atoms with Gasteiger partial charge in [-0.2, -0.15) is 0 Å². The standard InChI is InChI=1S/C15H14BrClN2O3/c16-10-1-2-12(17)11(5-10)15(22)18-6-9(7-18)8-19-13(20)3-4-14(19)21/h1-2,5,9H,3-4,6-8H2. The van der Waals surface area contributed by atoms with E-state index in [1.807, 2.05) is 0 Å². The molecule has 0 aliphatic carbocycles. The first kappa shape index (κ1) is 15.5. The fourth-order valence-electron chi connectivity index (χ4n) is 2.77. The summed E-state index contributed by atoms with van der Waals surface area (Å²) < 4.78 is 0.797. The van der Waals surface area contributed by atoms with Gasteiger partial charge in [0.25, 0.3) is 5.91 Å². The molecule has 22 heavy (non-hydrogen) atoms. The molecule has 0 radical (unpaired) electrons. The lowest BCUT2D eigenvalue weighted by Crippen LogP contribution is -2.54. The molecule has 7 heteroatoms. The molecule has 0 bridgehead atoms. The first-order valence-electron chi connectivity index (χ1n) is 7.03. The van der Waals surface area contributed by atoms with Crippen LogP contribution in [0, 0.1) is 5.92 Å². The van der Waals surface area contributed by atoms with Crippen LogP contribution in [0.1, 0.15) is 23.2 Å². The molecule has 0 spiro atoms. The number of hydrogen-bond acceptors (Lipinski definition) is 3. The third-order valence-electron chi connectivity index (χ3n) is 4.00. The van der Waals surface area contributed by atoms with Crippen molar-refractivity contribution in [3.63, 3.8) is 0 Å². The lowest BCUT2D eigenvalue weighted by atomic mass is 9.98. The summed E-state index contributed by atoms with van der Waals surface area (Å²) in [5.41, 5.74) is 0.461. The highest BCUT2D eigenvalue weighted by Crippen LogP contribution is 2.27. The summed E-state index contributed by atoms with van der Waals surface area (Å²) in [6, 6.07) is 5.16. The minimum Gasteiger partial charge on any atom is -0.338 e. The first-order chi connectivity index (χ1) is 10.5. The van der Waals surface area contributed by atoms with Crippen molar-refractivity contribution < 1.29 is 14.4 Å². The summed E-state index contributed by atoms with van der Waals surface area (Å²) >= 11 is 9.39. The largest absolute Gasteiger partial charge is 0.338 e. The maximum Gasteiger partial charge on any atom is 0.255 e. The number of amides is 3. The maximum absolute atomic E-state index is 12.4. The molecule has 1 aromatic rings. The van der Waals surface area contributed by atoms with Gasteiger partial charge in [-0.3, -0.25) is 19.3 Å². The van der Waals surface area contributed by atoms with Gasteiger partial charge in [0.05, 0.1) is 10.6 Å². The zero-order valence-electron chi connectivity index (χ0n) is 11.7. The quantitative estimate of drug-likeness (QED) is 0.750.